The predicted molar refractivity (Wildman–Crippen MR) is 70.5 cm³/mol. The van der Waals surface area contributed by atoms with E-state index < -0.39 is 0 Å². The van der Waals surface area contributed by atoms with Gasteiger partial charge in [-0.25, -0.2) is 14.8 Å². The number of ether oxygens (including phenoxy) is 1. The lowest BCUT2D eigenvalue weighted by Gasteiger charge is -2.09. The molecule has 4 nitrogen and oxygen atoms in total. The molecule has 1 aromatic heterocycles. The van der Waals surface area contributed by atoms with E-state index in [4.69, 9.17) is 4.74 Å². The smallest absolute Gasteiger partial charge is 0.341 e. The Morgan fingerprint density at radius 2 is 2.11 bits per heavy atom. The molecule has 0 bridgehead atoms. The van der Waals surface area contributed by atoms with E-state index in [0.717, 1.165) is 24.4 Å². The third kappa shape index (κ3) is 4.09. The van der Waals surface area contributed by atoms with Crippen molar-refractivity contribution in [2.24, 2.45) is 5.92 Å². The normalized spacial score (nSPS) is 10.7. The molecule has 0 saturated heterocycles. The van der Waals surface area contributed by atoms with Crippen LogP contribution in [0.5, 0.6) is 0 Å². The van der Waals surface area contributed by atoms with Gasteiger partial charge in [-0.2, -0.15) is 0 Å². The van der Waals surface area contributed by atoms with Gasteiger partial charge in [-0.05, 0) is 25.7 Å². The Labute approximate surface area is 109 Å². The van der Waals surface area contributed by atoms with Gasteiger partial charge in [0, 0.05) is 12.6 Å². The van der Waals surface area contributed by atoms with Crippen molar-refractivity contribution >= 4 is 5.97 Å². The van der Waals surface area contributed by atoms with E-state index in [0.29, 0.717) is 24.5 Å². The van der Waals surface area contributed by atoms with Crippen molar-refractivity contribution < 1.29 is 9.53 Å². The molecule has 0 fully saturated rings. The lowest BCUT2D eigenvalue weighted by atomic mass is 10.1. The molecule has 0 aromatic carbocycles. The molecule has 0 unspecified atom stereocenters. The van der Waals surface area contributed by atoms with Crippen molar-refractivity contribution in [2.75, 3.05) is 6.61 Å². The number of carbonyl (C=O) groups is 1. The van der Waals surface area contributed by atoms with E-state index in [9.17, 15) is 4.79 Å². The van der Waals surface area contributed by atoms with Gasteiger partial charge in [-0.1, -0.05) is 20.8 Å². The van der Waals surface area contributed by atoms with Crippen molar-refractivity contribution in [3.8, 4) is 0 Å². The molecule has 1 heterocycles. The Bertz CT molecular complexity index is 403. The minimum Gasteiger partial charge on any atom is -0.462 e. The second-order valence-corrected chi connectivity index (χ2v) is 4.65. The molecule has 1 rings (SSSR count). The summed E-state index contributed by atoms with van der Waals surface area (Å²) in [6.45, 7) is 8.50. The number of hydrogen-bond acceptors (Lipinski definition) is 4. The Balaban J connectivity index is 2.86. The zero-order valence-electron chi connectivity index (χ0n) is 11.7. The molecule has 100 valence electrons. The van der Waals surface area contributed by atoms with E-state index in [1.807, 2.05) is 6.92 Å². The monoisotopic (exact) mass is 250 g/mol. The number of hydrogen-bond donors (Lipinski definition) is 0. The maximum atomic E-state index is 11.7. The molecular formula is C14H22N2O2. The topological polar surface area (TPSA) is 52.1 Å². The Morgan fingerprint density at radius 1 is 1.39 bits per heavy atom. The molecule has 0 aliphatic carbocycles. The maximum Gasteiger partial charge on any atom is 0.341 e. The molecule has 4 heteroatoms. The Morgan fingerprint density at radius 3 is 2.67 bits per heavy atom. The number of aryl methyl sites for hydroxylation is 2. The molecule has 0 atom stereocenters. The van der Waals surface area contributed by atoms with Crippen LogP contribution in [0.15, 0.2) is 6.20 Å². The highest BCUT2D eigenvalue weighted by molar-refractivity contribution is 5.90. The van der Waals surface area contributed by atoms with Crippen LogP contribution >= 0.6 is 0 Å². The highest BCUT2D eigenvalue weighted by atomic mass is 16.5. The molecule has 0 amide bonds. The first-order chi connectivity index (χ1) is 8.58. The Kier molecular flexibility index (Phi) is 5.75. The van der Waals surface area contributed by atoms with Crippen molar-refractivity contribution in [2.45, 2.75) is 47.0 Å². The molecule has 0 saturated carbocycles. The standard InChI is InChI=1S/C14H22N2O2/c1-5-12-11(14(17)18-6-2)9-15-13(16-12)8-7-10(3)4/h9-10H,5-8H2,1-4H3. The predicted octanol–water partition coefficient (Wildman–Crippen LogP) is 2.80. The number of aromatic nitrogens is 2. The van der Waals surface area contributed by atoms with Crippen molar-refractivity contribution in [3.63, 3.8) is 0 Å². The molecule has 0 spiro atoms. The lowest BCUT2D eigenvalue weighted by Crippen LogP contribution is -2.12. The number of nitrogens with zero attached hydrogens (tertiary/aromatic N) is 2. The average Bonchev–Trinajstić information content (AvgIpc) is 2.36. The molecular weight excluding hydrogens is 228 g/mol. The van der Waals surface area contributed by atoms with Crippen LogP contribution in [-0.2, 0) is 17.6 Å². The molecule has 0 radical (unpaired) electrons. The van der Waals surface area contributed by atoms with Crippen LogP contribution in [0.1, 0.15) is 56.0 Å². The third-order valence-electron chi connectivity index (χ3n) is 2.69. The van der Waals surface area contributed by atoms with E-state index in [-0.39, 0.29) is 5.97 Å². The summed E-state index contributed by atoms with van der Waals surface area (Å²) in [5.74, 6) is 1.11. The van der Waals surface area contributed by atoms with Gasteiger partial charge in [0.05, 0.1) is 17.9 Å². The van der Waals surface area contributed by atoms with Crippen LogP contribution in [0, 0.1) is 5.92 Å². The largest absolute Gasteiger partial charge is 0.462 e. The van der Waals surface area contributed by atoms with E-state index in [1.54, 1.807) is 13.1 Å². The summed E-state index contributed by atoms with van der Waals surface area (Å²) in [5, 5.41) is 0. The second kappa shape index (κ2) is 7.09. The first-order valence-electron chi connectivity index (χ1n) is 6.60. The van der Waals surface area contributed by atoms with Crippen LogP contribution in [0.4, 0.5) is 0 Å². The average molecular weight is 250 g/mol. The molecule has 0 aliphatic heterocycles. The van der Waals surface area contributed by atoms with Gasteiger partial charge in [0.2, 0.25) is 0 Å². The molecule has 0 aliphatic rings. The van der Waals surface area contributed by atoms with Crippen LogP contribution in [0.2, 0.25) is 0 Å². The number of esters is 1. The van der Waals surface area contributed by atoms with Crippen LogP contribution in [0.25, 0.3) is 0 Å². The summed E-state index contributed by atoms with van der Waals surface area (Å²) in [7, 11) is 0. The summed E-state index contributed by atoms with van der Waals surface area (Å²) in [6, 6.07) is 0. The first kappa shape index (κ1) is 14.6. The van der Waals surface area contributed by atoms with Crippen LogP contribution in [0.3, 0.4) is 0 Å². The van der Waals surface area contributed by atoms with Gasteiger partial charge < -0.3 is 4.74 Å². The third-order valence-corrected chi connectivity index (χ3v) is 2.69. The van der Waals surface area contributed by atoms with Gasteiger partial charge in [-0.15, -0.1) is 0 Å². The fourth-order valence-corrected chi connectivity index (χ4v) is 1.65. The minimum absolute atomic E-state index is 0.329. The zero-order valence-corrected chi connectivity index (χ0v) is 11.7. The van der Waals surface area contributed by atoms with Gasteiger partial charge in [0.25, 0.3) is 0 Å². The van der Waals surface area contributed by atoms with Gasteiger partial charge in [0.15, 0.2) is 0 Å². The van der Waals surface area contributed by atoms with Crippen molar-refractivity contribution in [1.29, 1.82) is 0 Å². The lowest BCUT2D eigenvalue weighted by molar-refractivity contribution is 0.0524. The van der Waals surface area contributed by atoms with Crippen molar-refractivity contribution in [3.05, 3.63) is 23.3 Å². The summed E-state index contributed by atoms with van der Waals surface area (Å²) in [5.41, 5.74) is 1.27. The number of rotatable bonds is 6. The highest BCUT2D eigenvalue weighted by Gasteiger charge is 2.14. The van der Waals surface area contributed by atoms with Crippen molar-refractivity contribution in [1.82, 2.24) is 9.97 Å². The summed E-state index contributed by atoms with van der Waals surface area (Å²) >= 11 is 0. The van der Waals surface area contributed by atoms with E-state index >= 15 is 0 Å². The number of carbonyl (C=O) groups excluding carboxylic acids is 1. The SMILES string of the molecule is CCOC(=O)c1cnc(CCC(C)C)nc1CC. The molecule has 18 heavy (non-hydrogen) atoms. The van der Waals surface area contributed by atoms with E-state index in [1.165, 1.54) is 0 Å². The van der Waals surface area contributed by atoms with E-state index in [2.05, 4.69) is 23.8 Å². The van der Waals surface area contributed by atoms with Gasteiger partial charge in [0.1, 0.15) is 5.82 Å². The maximum absolute atomic E-state index is 11.7. The summed E-state index contributed by atoms with van der Waals surface area (Å²) in [6.07, 6.45) is 4.22. The molecule has 1 aromatic rings. The van der Waals surface area contributed by atoms with Crippen LogP contribution < -0.4 is 0 Å². The summed E-state index contributed by atoms with van der Waals surface area (Å²) in [4.78, 5) is 20.4. The minimum atomic E-state index is -0.329. The fourth-order valence-electron chi connectivity index (χ4n) is 1.65. The van der Waals surface area contributed by atoms with Gasteiger partial charge in [-0.3, -0.25) is 0 Å². The zero-order chi connectivity index (χ0) is 13.5. The molecule has 0 N–H and O–H groups in total. The highest BCUT2D eigenvalue weighted by Crippen LogP contribution is 2.11. The van der Waals surface area contributed by atoms with Crippen LogP contribution in [-0.4, -0.2) is 22.5 Å². The first-order valence-corrected chi connectivity index (χ1v) is 6.60. The quantitative estimate of drug-likeness (QED) is 0.728. The van der Waals surface area contributed by atoms with Gasteiger partial charge >= 0.3 is 5.97 Å². The summed E-state index contributed by atoms with van der Waals surface area (Å²) < 4.78 is 4.99. The Hall–Kier alpha value is -1.45. The second-order valence-electron chi connectivity index (χ2n) is 4.65. The fraction of sp³-hybridized carbons (Fsp3) is 0.643.